The number of hydrogen-bond acceptors (Lipinski definition) is 4. The molecule has 0 unspecified atom stereocenters. The fourth-order valence-corrected chi connectivity index (χ4v) is 0.489. The average Bonchev–Trinajstić information content (AvgIpc) is 2.67. The van der Waals surface area contributed by atoms with E-state index in [-0.39, 0.29) is 0 Å². The zero-order chi connectivity index (χ0) is 7.07. The Morgan fingerprint density at radius 3 is 2.60 bits per heavy atom. The number of aromatic amines is 1. The van der Waals surface area contributed by atoms with Gasteiger partial charge < -0.3 is 5.32 Å². The van der Waals surface area contributed by atoms with Gasteiger partial charge in [-0.25, -0.2) is 4.98 Å². The minimum absolute atomic E-state index is 0.958. The average molecular weight is 139 g/mol. The van der Waals surface area contributed by atoms with E-state index in [1.165, 1.54) is 12.7 Å². The van der Waals surface area contributed by atoms with Gasteiger partial charge in [0.1, 0.15) is 12.7 Å². The molecule has 0 saturated heterocycles. The Bertz CT molecular complexity index is 145. The summed E-state index contributed by atoms with van der Waals surface area (Å²) in [5.41, 5.74) is 0. The minimum Gasteiger partial charge on any atom is -0.375 e. The monoisotopic (exact) mass is 139 g/mol. The molecule has 1 aromatic rings. The van der Waals surface area contributed by atoms with Crippen LogP contribution < -0.4 is 5.32 Å². The summed E-state index contributed by atoms with van der Waals surface area (Å²) in [6.07, 6.45) is 4.69. The Morgan fingerprint density at radius 2 is 2.40 bits per heavy atom. The van der Waals surface area contributed by atoms with Gasteiger partial charge in [0, 0.05) is 6.54 Å². The van der Waals surface area contributed by atoms with Crippen molar-refractivity contribution in [2.75, 3.05) is 13.1 Å². The van der Waals surface area contributed by atoms with Crippen molar-refractivity contribution >= 4 is 6.34 Å². The van der Waals surface area contributed by atoms with Gasteiger partial charge in [-0.1, -0.05) is 0 Å². The molecule has 54 valence electrons. The number of rotatable bonds is 0. The first kappa shape index (κ1) is 6.73. The van der Waals surface area contributed by atoms with E-state index in [2.05, 4.69) is 25.5 Å². The van der Waals surface area contributed by atoms with Crippen molar-refractivity contribution in [2.45, 2.75) is 0 Å². The fourth-order valence-electron chi connectivity index (χ4n) is 0.489. The van der Waals surface area contributed by atoms with Crippen molar-refractivity contribution < 1.29 is 0 Å². The van der Waals surface area contributed by atoms with Gasteiger partial charge in [-0.15, -0.1) is 0 Å². The van der Waals surface area contributed by atoms with E-state index in [4.69, 9.17) is 0 Å². The fraction of sp³-hybridized carbons (Fsp3) is 0.400. The van der Waals surface area contributed by atoms with Gasteiger partial charge in [0.2, 0.25) is 0 Å². The summed E-state index contributed by atoms with van der Waals surface area (Å²) >= 11 is 0. The highest BCUT2D eigenvalue weighted by Crippen LogP contribution is 1.68. The summed E-state index contributed by atoms with van der Waals surface area (Å²) in [5.74, 6) is 0. The second-order valence-corrected chi connectivity index (χ2v) is 1.64. The smallest absolute Gasteiger partial charge is 0.137 e. The maximum Gasteiger partial charge on any atom is 0.137 e. The van der Waals surface area contributed by atoms with Crippen LogP contribution in [0.1, 0.15) is 0 Å². The lowest BCUT2D eigenvalue weighted by atomic mass is 10.7. The molecule has 0 aliphatic carbocycles. The molecule has 5 heteroatoms. The van der Waals surface area contributed by atoms with Gasteiger partial charge >= 0.3 is 0 Å². The van der Waals surface area contributed by atoms with E-state index in [9.17, 15) is 0 Å². The van der Waals surface area contributed by atoms with Crippen LogP contribution in [-0.4, -0.2) is 34.6 Å². The topological polar surface area (TPSA) is 66.0 Å². The van der Waals surface area contributed by atoms with Crippen LogP contribution in [0.15, 0.2) is 17.6 Å². The largest absolute Gasteiger partial charge is 0.375 e. The van der Waals surface area contributed by atoms with E-state index in [0.29, 0.717) is 0 Å². The highest BCUT2D eigenvalue weighted by Gasteiger charge is 1.82. The molecule has 2 rings (SSSR count). The van der Waals surface area contributed by atoms with Crippen molar-refractivity contribution in [3.05, 3.63) is 12.7 Å². The molecule has 2 heterocycles. The molecule has 1 aliphatic rings. The van der Waals surface area contributed by atoms with Gasteiger partial charge in [-0.05, 0) is 0 Å². The Kier molecular flexibility index (Phi) is 3.02. The van der Waals surface area contributed by atoms with Crippen LogP contribution >= 0.6 is 0 Å². The normalized spacial score (nSPS) is 13.6. The zero-order valence-corrected chi connectivity index (χ0v) is 5.49. The second-order valence-electron chi connectivity index (χ2n) is 1.64. The van der Waals surface area contributed by atoms with Crippen molar-refractivity contribution in [3.63, 3.8) is 0 Å². The number of H-pyrrole nitrogens is 1. The van der Waals surface area contributed by atoms with Crippen molar-refractivity contribution in [1.82, 2.24) is 20.5 Å². The third-order valence-electron chi connectivity index (χ3n) is 0.899. The van der Waals surface area contributed by atoms with Crippen molar-refractivity contribution in [3.8, 4) is 0 Å². The Morgan fingerprint density at radius 1 is 1.40 bits per heavy atom. The summed E-state index contributed by atoms with van der Waals surface area (Å²) in [6, 6.07) is 0. The molecule has 10 heavy (non-hydrogen) atoms. The number of hydrogen-bond donors (Lipinski definition) is 2. The van der Waals surface area contributed by atoms with Crippen LogP contribution in [0.2, 0.25) is 0 Å². The predicted molar refractivity (Wildman–Crippen MR) is 37.7 cm³/mol. The quantitative estimate of drug-likeness (QED) is 0.505. The molecule has 0 saturated carbocycles. The van der Waals surface area contributed by atoms with E-state index < -0.39 is 0 Å². The summed E-state index contributed by atoms with van der Waals surface area (Å²) < 4.78 is 0. The highest BCUT2D eigenvalue weighted by atomic mass is 15.2. The standard InChI is InChI=1S/C3H6N2.C2H3N3/c1-2-5-3-4-1;1-3-2-5-4-1/h3H,1-2H2,(H,4,5);1-2H,(H,3,4,5). The molecular formula is C5H9N5. The van der Waals surface area contributed by atoms with E-state index in [1.807, 2.05) is 0 Å². The van der Waals surface area contributed by atoms with Gasteiger partial charge in [0.05, 0.1) is 12.9 Å². The molecule has 1 aromatic heterocycles. The van der Waals surface area contributed by atoms with Crippen LogP contribution in [0.4, 0.5) is 0 Å². The van der Waals surface area contributed by atoms with Gasteiger partial charge in [-0.3, -0.25) is 10.1 Å². The summed E-state index contributed by atoms with van der Waals surface area (Å²) in [6.45, 7) is 1.99. The first-order chi connectivity index (χ1) is 5.00. The zero-order valence-electron chi connectivity index (χ0n) is 5.49. The minimum atomic E-state index is 0.958. The number of nitrogens with one attached hydrogen (secondary N) is 2. The van der Waals surface area contributed by atoms with E-state index in [1.54, 1.807) is 6.34 Å². The second kappa shape index (κ2) is 4.49. The lowest BCUT2D eigenvalue weighted by Crippen LogP contribution is -2.04. The van der Waals surface area contributed by atoms with Crippen LogP contribution in [0.25, 0.3) is 0 Å². The van der Waals surface area contributed by atoms with Crippen LogP contribution in [0, 0.1) is 0 Å². The van der Waals surface area contributed by atoms with E-state index >= 15 is 0 Å². The molecule has 0 atom stereocenters. The third-order valence-corrected chi connectivity index (χ3v) is 0.899. The van der Waals surface area contributed by atoms with Crippen LogP contribution in [-0.2, 0) is 0 Å². The molecular weight excluding hydrogens is 130 g/mol. The third kappa shape index (κ3) is 2.81. The molecule has 1 aliphatic heterocycles. The Hall–Kier alpha value is -1.39. The predicted octanol–water partition coefficient (Wildman–Crippen LogP) is -0.577. The van der Waals surface area contributed by atoms with Crippen molar-refractivity contribution in [1.29, 1.82) is 0 Å². The first-order valence-electron chi connectivity index (χ1n) is 3.00. The molecule has 0 bridgehead atoms. The highest BCUT2D eigenvalue weighted by molar-refractivity contribution is 5.56. The number of nitrogens with zero attached hydrogens (tertiary/aromatic N) is 3. The molecule has 0 fully saturated rings. The summed E-state index contributed by atoms with van der Waals surface area (Å²) in [4.78, 5) is 7.40. The van der Waals surface area contributed by atoms with Gasteiger partial charge in [0.15, 0.2) is 0 Å². The molecule has 2 N–H and O–H groups in total. The molecule has 0 amide bonds. The number of aliphatic imine (C=N–C) groups is 1. The van der Waals surface area contributed by atoms with Gasteiger partial charge in [-0.2, -0.15) is 5.10 Å². The molecule has 0 radical (unpaired) electrons. The SMILES string of the molecule is C1=NCCN1.c1nc[nH]n1. The van der Waals surface area contributed by atoms with Crippen LogP contribution in [0.3, 0.4) is 0 Å². The van der Waals surface area contributed by atoms with Crippen LogP contribution in [0.5, 0.6) is 0 Å². The maximum absolute atomic E-state index is 3.85. The summed E-state index contributed by atoms with van der Waals surface area (Å²) in [5, 5.41) is 8.92. The molecule has 0 spiro atoms. The lowest BCUT2D eigenvalue weighted by molar-refractivity contribution is 0.965. The molecule has 0 aromatic carbocycles. The number of aromatic nitrogens is 3. The lowest BCUT2D eigenvalue weighted by Gasteiger charge is -1.75. The van der Waals surface area contributed by atoms with Gasteiger partial charge in [0.25, 0.3) is 0 Å². The Balaban J connectivity index is 0.0000001000. The van der Waals surface area contributed by atoms with E-state index in [0.717, 1.165) is 13.1 Å². The Labute approximate surface area is 58.6 Å². The molecule has 5 nitrogen and oxygen atoms in total. The van der Waals surface area contributed by atoms with Crippen molar-refractivity contribution in [2.24, 2.45) is 4.99 Å². The summed E-state index contributed by atoms with van der Waals surface area (Å²) in [7, 11) is 0. The first-order valence-corrected chi connectivity index (χ1v) is 3.00. The maximum atomic E-state index is 3.85.